The van der Waals surface area contributed by atoms with Crippen LogP contribution in [0.25, 0.3) is 16.3 Å². The number of ether oxygens (including phenoxy) is 3. The van der Waals surface area contributed by atoms with Crippen LogP contribution in [-0.2, 0) is 4.74 Å². The Morgan fingerprint density at radius 2 is 2.11 bits per heavy atom. The van der Waals surface area contributed by atoms with Crippen molar-refractivity contribution in [3.63, 3.8) is 0 Å². The van der Waals surface area contributed by atoms with Crippen LogP contribution in [-0.4, -0.2) is 53.3 Å². The summed E-state index contributed by atoms with van der Waals surface area (Å²) in [6.45, 7) is 0.221. The van der Waals surface area contributed by atoms with Gasteiger partial charge in [-0.05, 0) is 18.2 Å². The molecule has 0 saturated heterocycles. The van der Waals surface area contributed by atoms with Crippen LogP contribution in [0.1, 0.15) is 16.1 Å². The van der Waals surface area contributed by atoms with E-state index in [1.54, 1.807) is 24.3 Å². The molecule has 1 aromatic carbocycles. The maximum absolute atomic E-state index is 13.0. The van der Waals surface area contributed by atoms with Crippen LogP contribution >= 0.6 is 11.3 Å². The van der Waals surface area contributed by atoms with Crippen LogP contribution in [0.5, 0.6) is 11.5 Å². The number of amides is 1. The number of nitriles is 1. The van der Waals surface area contributed by atoms with Gasteiger partial charge in [0.05, 0.1) is 31.5 Å². The van der Waals surface area contributed by atoms with Gasteiger partial charge in [-0.3, -0.25) is 10.1 Å². The molecular formula is C22H19N7O6S. The summed E-state index contributed by atoms with van der Waals surface area (Å²) >= 11 is 1.01. The van der Waals surface area contributed by atoms with E-state index >= 15 is 0 Å². The molecule has 3 aromatic heterocycles. The van der Waals surface area contributed by atoms with Gasteiger partial charge >= 0.3 is 5.63 Å². The first kappa shape index (κ1) is 24.4. The van der Waals surface area contributed by atoms with E-state index < -0.39 is 11.5 Å². The van der Waals surface area contributed by atoms with Crippen LogP contribution in [0.3, 0.4) is 0 Å². The number of carbonyl (C=O) groups excluding carboxylic acids is 1. The summed E-state index contributed by atoms with van der Waals surface area (Å²) in [4.78, 5) is 25.9. The van der Waals surface area contributed by atoms with Gasteiger partial charge < -0.3 is 24.4 Å². The minimum Gasteiger partial charge on any atom is -0.496 e. The Morgan fingerprint density at radius 1 is 1.28 bits per heavy atom. The lowest BCUT2D eigenvalue weighted by molar-refractivity contribution is 0.0990. The number of nitrogen functional groups attached to an aromatic ring is 1. The Kier molecular flexibility index (Phi) is 7.23. The Morgan fingerprint density at radius 3 is 2.81 bits per heavy atom. The zero-order chi connectivity index (χ0) is 25.7. The highest BCUT2D eigenvalue weighted by Gasteiger charge is 2.24. The Hall–Kier alpha value is -4.74. The summed E-state index contributed by atoms with van der Waals surface area (Å²) in [5.41, 5.74) is 5.50. The normalized spacial score (nSPS) is 10.6. The van der Waals surface area contributed by atoms with Crippen LogP contribution in [0.4, 0.5) is 10.9 Å². The predicted octanol–water partition coefficient (Wildman–Crippen LogP) is 2.08. The summed E-state index contributed by atoms with van der Waals surface area (Å²) in [5.74, 6) is -0.681. The van der Waals surface area contributed by atoms with Crippen molar-refractivity contribution in [1.29, 1.82) is 5.26 Å². The van der Waals surface area contributed by atoms with Gasteiger partial charge in [0.25, 0.3) is 5.91 Å². The van der Waals surface area contributed by atoms with Gasteiger partial charge in [-0.15, -0.1) is 10.2 Å². The molecule has 184 valence electrons. The van der Waals surface area contributed by atoms with Crippen molar-refractivity contribution in [2.75, 3.05) is 38.5 Å². The smallest absolute Gasteiger partial charge is 0.379 e. The van der Waals surface area contributed by atoms with Crippen LogP contribution in [0.2, 0.25) is 0 Å². The highest BCUT2D eigenvalue weighted by atomic mass is 32.1. The third-order valence-electron chi connectivity index (χ3n) is 4.79. The van der Waals surface area contributed by atoms with E-state index in [-0.39, 0.29) is 46.5 Å². The molecule has 3 N–H and O–H groups in total. The molecule has 0 atom stereocenters. The van der Waals surface area contributed by atoms with Gasteiger partial charge in [0.2, 0.25) is 16.0 Å². The van der Waals surface area contributed by atoms with Gasteiger partial charge in [-0.1, -0.05) is 17.4 Å². The number of aromatic nitrogens is 4. The molecule has 0 bridgehead atoms. The number of benzene rings is 1. The van der Waals surface area contributed by atoms with E-state index in [1.807, 2.05) is 0 Å². The average molecular weight is 510 g/mol. The molecule has 0 aliphatic carbocycles. The number of nitrogens with two attached hydrogens (primary N) is 1. The molecule has 0 unspecified atom stereocenters. The van der Waals surface area contributed by atoms with Crippen LogP contribution in [0.15, 0.2) is 45.7 Å². The number of anilines is 2. The van der Waals surface area contributed by atoms with Crippen LogP contribution in [0, 0.1) is 11.3 Å². The number of hydrogen-bond donors (Lipinski definition) is 2. The third kappa shape index (κ3) is 4.87. The molecule has 0 aliphatic rings. The monoisotopic (exact) mass is 509 g/mol. The molecule has 36 heavy (non-hydrogen) atoms. The minimum atomic E-state index is -0.925. The second-order valence-corrected chi connectivity index (χ2v) is 7.94. The molecule has 0 radical (unpaired) electrons. The van der Waals surface area contributed by atoms with Crippen molar-refractivity contribution in [2.24, 2.45) is 0 Å². The van der Waals surface area contributed by atoms with Gasteiger partial charge in [-0.2, -0.15) is 15.0 Å². The molecule has 0 spiro atoms. The van der Waals surface area contributed by atoms with Crippen molar-refractivity contribution in [2.45, 2.75) is 0 Å². The molecule has 3 heterocycles. The Balaban J connectivity index is 1.74. The largest absolute Gasteiger partial charge is 0.496 e. The topological polar surface area (TPSA) is 180 Å². The van der Waals surface area contributed by atoms with Crippen molar-refractivity contribution in [3.05, 3.63) is 58.3 Å². The maximum Gasteiger partial charge on any atom is 0.379 e. The number of carbonyl (C=O) groups is 1. The molecule has 0 fully saturated rings. The Labute approximate surface area is 207 Å². The average Bonchev–Trinajstić information content (AvgIpc) is 3.52. The molecule has 0 saturated carbocycles. The molecule has 13 nitrogen and oxygen atoms in total. The van der Waals surface area contributed by atoms with Crippen LogP contribution < -0.4 is 26.1 Å². The first-order valence-corrected chi connectivity index (χ1v) is 11.1. The molecule has 4 aromatic rings. The van der Waals surface area contributed by atoms with Gasteiger partial charge in [0, 0.05) is 24.3 Å². The lowest BCUT2D eigenvalue weighted by atomic mass is 9.98. The van der Waals surface area contributed by atoms with Crippen molar-refractivity contribution in [1.82, 2.24) is 20.0 Å². The zero-order valence-electron chi connectivity index (χ0n) is 19.0. The lowest BCUT2D eigenvalue weighted by Crippen LogP contribution is -2.18. The SMILES string of the molecule is COCCOc1c(-c2c(C#N)cccc2OC)cc(C(=O)Nc2nnc(-n3nccc3N)s2)oc1=O. The molecular weight excluding hydrogens is 490 g/mol. The van der Waals surface area contributed by atoms with Crippen molar-refractivity contribution in [3.8, 4) is 33.8 Å². The summed E-state index contributed by atoms with van der Waals surface area (Å²) in [6, 6.07) is 9.74. The zero-order valence-corrected chi connectivity index (χ0v) is 19.9. The van der Waals surface area contributed by atoms with Crippen molar-refractivity contribution < 1.29 is 23.4 Å². The summed E-state index contributed by atoms with van der Waals surface area (Å²) < 4.78 is 22.6. The number of nitrogens with one attached hydrogen (secondary N) is 1. The van der Waals surface area contributed by atoms with E-state index in [0.717, 1.165) is 11.3 Å². The second kappa shape index (κ2) is 10.7. The summed E-state index contributed by atoms with van der Waals surface area (Å²) in [6.07, 6.45) is 1.49. The quantitative estimate of drug-likeness (QED) is 0.315. The number of methoxy groups -OCH3 is 2. The lowest BCUT2D eigenvalue weighted by Gasteiger charge is -2.15. The third-order valence-corrected chi connectivity index (χ3v) is 5.60. The van der Waals surface area contributed by atoms with E-state index in [4.69, 9.17) is 24.4 Å². The maximum atomic E-state index is 13.0. The molecule has 1 amide bonds. The van der Waals surface area contributed by atoms with E-state index in [0.29, 0.717) is 16.7 Å². The van der Waals surface area contributed by atoms with E-state index in [9.17, 15) is 14.9 Å². The van der Waals surface area contributed by atoms with Gasteiger partial charge in [0.15, 0.2) is 5.76 Å². The van der Waals surface area contributed by atoms with E-state index in [1.165, 1.54) is 31.2 Å². The highest BCUT2D eigenvalue weighted by Crippen LogP contribution is 2.38. The van der Waals surface area contributed by atoms with E-state index in [2.05, 4.69) is 26.7 Å². The minimum absolute atomic E-state index is 0.0287. The molecule has 14 heteroatoms. The number of nitrogens with zero attached hydrogens (tertiary/aromatic N) is 5. The molecule has 0 aliphatic heterocycles. The first-order chi connectivity index (χ1) is 17.5. The highest BCUT2D eigenvalue weighted by molar-refractivity contribution is 7.17. The summed E-state index contributed by atoms with van der Waals surface area (Å²) in [5, 5.41) is 24.5. The summed E-state index contributed by atoms with van der Waals surface area (Å²) in [7, 11) is 2.90. The standard InChI is InChI=1S/C22H19N7O6S/c1-32-8-9-34-18-13(17-12(11-23)4-3-5-14(17)33-2)10-15(35-20(18)31)19(30)26-21-27-28-22(36-21)29-16(24)6-7-25-29/h3-7,10H,8-9,24H2,1-2H3,(H,26,27,30). The van der Waals surface area contributed by atoms with Gasteiger partial charge in [-0.25, -0.2) is 4.79 Å². The van der Waals surface area contributed by atoms with Crippen molar-refractivity contribution >= 4 is 28.2 Å². The molecule has 4 rings (SSSR count). The fraction of sp³-hybridized carbons (Fsp3) is 0.182. The fourth-order valence-electron chi connectivity index (χ4n) is 3.20. The number of hydrogen-bond acceptors (Lipinski definition) is 12. The first-order valence-electron chi connectivity index (χ1n) is 10.3. The van der Waals surface area contributed by atoms with Gasteiger partial charge in [0.1, 0.15) is 18.2 Å². The number of rotatable bonds is 9. The Bertz CT molecular complexity index is 1500. The fourth-order valence-corrected chi connectivity index (χ4v) is 3.92. The second-order valence-electron chi connectivity index (χ2n) is 6.99. The predicted molar refractivity (Wildman–Crippen MR) is 128 cm³/mol.